The number of fused-ring (bicyclic) bond motifs is 2. The van der Waals surface area contributed by atoms with E-state index in [1.807, 2.05) is 0 Å². The molecule has 2 aliphatic rings. The molecule has 88 valence electrons. The van der Waals surface area contributed by atoms with Crippen molar-refractivity contribution >= 4 is 23.2 Å². The summed E-state index contributed by atoms with van der Waals surface area (Å²) in [6.07, 6.45) is 3.10. The normalized spacial score (nSPS) is 27.6. The minimum Gasteiger partial charge on any atom is -0.396 e. The van der Waals surface area contributed by atoms with Gasteiger partial charge < -0.3 is 10.5 Å². The predicted molar refractivity (Wildman–Crippen MR) is 59.0 cm³/mol. The summed E-state index contributed by atoms with van der Waals surface area (Å²) in [5.74, 6) is -0.664. The van der Waals surface area contributed by atoms with Crippen LogP contribution in [0.2, 0.25) is 0 Å². The number of morpholine rings is 1. The summed E-state index contributed by atoms with van der Waals surface area (Å²) in [7, 11) is 0. The number of nitrogens with zero attached hydrogens (tertiary/aromatic N) is 2. The highest BCUT2D eigenvalue weighted by Crippen LogP contribution is 2.33. The first kappa shape index (κ1) is 10.2. The van der Waals surface area contributed by atoms with Crippen LogP contribution in [-0.2, 0) is 14.3 Å². The van der Waals surface area contributed by atoms with E-state index in [0.29, 0.717) is 24.2 Å². The summed E-state index contributed by atoms with van der Waals surface area (Å²) in [5.41, 5.74) is 6.45. The molecule has 2 unspecified atom stereocenters. The highest BCUT2D eigenvalue weighted by molar-refractivity contribution is 6.21. The van der Waals surface area contributed by atoms with Crippen molar-refractivity contribution in [1.82, 2.24) is 4.98 Å². The second-order valence-corrected chi connectivity index (χ2v) is 4.14. The lowest BCUT2D eigenvalue weighted by molar-refractivity contribution is -0.146. The van der Waals surface area contributed by atoms with E-state index >= 15 is 0 Å². The van der Waals surface area contributed by atoms with Crippen LogP contribution in [0.25, 0.3) is 0 Å². The van der Waals surface area contributed by atoms with Gasteiger partial charge in [0.15, 0.2) is 0 Å². The lowest BCUT2D eigenvalue weighted by Crippen LogP contribution is -2.52. The second kappa shape index (κ2) is 3.53. The molecule has 1 aromatic heterocycles. The molecule has 2 fully saturated rings. The number of amides is 2. The molecular weight excluding hydrogens is 222 g/mol. The summed E-state index contributed by atoms with van der Waals surface area (Å²) >= 11 is 0. The number of pyridine rings is 1. The van der Waals surface area contributed by atoms with Gasteiger partial charge >= 0.3 is 0 Å². The molecule has 0 spiro atoms. The molecule has 0 radical (unpaired) electrons. The first-order valence-corrected chi connectivity index (χ1v) is 5.41. The van der Waals surface area contributed by atoms with E-state index in [1.165, 1.54) is 12.4 Å². The average Bonchev–Trinajstić information content (AvgIpc) is 2.76. The maximum atomic E-state index is 12.1. The Balaban J connectivity index is 2.05. The Morgan fingerprint density at radius 3 is 2.53 bits per heavy atom. The molecule has 3 rings (SSSR count). The molecule has 2 N–H and O–H groups in total. The van der Waals surface area contributed by atoms with Gasteiger partial charge in [-0.1, -0.05) is 0 Å². The Hall–Kier alpha value is -1.95. The first-order valence-electron chi connectivity index (χ1n) is 5.41. The number of imide groups is 1. The van der Waals surface area contributed by atoms with Crippen molar-refractivity contribution in [2.24, 2.45) is 0 Å². The molecular formula is C11H11N3O3. The van der Waals surface area contributed by atoms with E-state index in [0.717, 1.165) is 4.90 Å². The van der Waals surface area contributed by atoms with Crippen molar-refractivity contribution in [1.29, 1.82) is 0 Å². The number of carbonyl (C=O) groups is 2. The Morgan fingerprint density at radius 2 is 1.94 bits per heavy atom. The molecule has 3 heterocycles. The van der Waals surface area contributed by atoms with Gasteiger partial charge in [-0.3, -0.25) is 14.6 Å². The zero-order valence-corrected chi connectivity index (χ0v) is 9.00. The van der Waals surface area contributed by atoms with Gasteiger partial charge in [0, 0.05) is 6.20 Å². The Kier molecular flexibility index (Phi) is 2.12. The SMILES string of the molecule is Nc1cnccc1N1C(=O)C2CCC(O2)C1=O. The average molecular weight is 233 g/mol. The smallest absolute Gasteiger partial charge is 0.263 e. The third-order valence-electron chi connectivity index (χ3n) is 3.08. The lowest BCUT2D eigenvalue weighted by atomic mass is 10.2. The van der Waals surface area contributed by atoms with Crippen LogP contribution in [0.4, 0.5) is 11.4 Å². The highest BCUT2D eigenvalue weighted by atomic mass is 16.5. The Labute approximate surface area is 97.4 Å². The third-order valence-corrected chi connectivity index (χ3v) is 3.08. The van der Waals surface area contributed by atoms with E-state index < -0.39 is 12.2 Å². The summed E-state index contributed by atoms with van der Waals surface area (Å²) in [6.45, 7) is 0. The molecule has 17 heavy (non-hydrogen) atoms. The van der Waals surface area contributed by atoms with Gasteiger partial charge in [0.05, 0.1) is 17.6 Å². The molecule has 2 aliphatic heterocycles. The zero-order chi connectivity index (χ0) is 12.0. The third kappa shape index (κ3) is 1.41. The molecule has 0 saturated carbocycles. The fraction of sp³-hybridized carbons (Fsp3) is 0.364. The number of nitrogens with two attached hydrogens (primary N) is 1. The summed E-state index contributed by atoms with van der Waals surface area (Å²) in [5, 5.41) is 0. The van der Waals surface area contributed by atoms with Gasteiger partial charge in [0.1, 0.15) is 12.2 Å². The monoisotopic (exact) mass is 233 g/mol. The molecule has 0 aliphatic carbocycles. The number of hydrogen-bond acceptors (Lipinski definition) is 5. The van der Waals surface area contributed by atoms with Gasteiger partial charge in [-0.25, -0.2) is 4.90 Å². The molecule has 1 aromatic rings. The van der Waals surface area contributed by atoms with E-state index in [4.69, 9.17) is 10.5 Å². The number of rotatable bonds is 1. The fourth-order valence-electron chi connectivity index (χ4n) is 2.24. The van der Waals surface area contributed by atoms with Crippen LogP contribution in [0.3, 0.4) is 0 Å². The van der Waals surface area contributed by atoms with Crippen LogP contribution in [0.1, 0.15) is 12.8 Å². The number of hydrogen-bond donors (Lipinski definition) is 1. The van der Waals surface area contributed by atoms with Crippen molar-refractivity contribution in [3.05, 3.63) is 18.5 Å². The Morgan fingerprint density at radius 1 is 1.29 bits per heavy atom. The molecule has 6 nitrogen and oxygen atoms in total. The predicted octanol–water partition coefficient (Wildman–Crippen LogP) is 0.0846. The van der Waals surface area contributed by atoms with Gasteiger partial charge in [-0.2, -0.15) is 0 Å². The molecule has 6 heteroatoms. The standard InChI is InChI=1S/C11H11N3O3/c12-6-5-13-4-3-7(6)14-10(15)8-1-2-9(17-8)11(14)16/h3-5,8-9H,1-2,12H2. The van der Waals surface area contributed by atoms with E-state index in [2.05, 4.69) is 4.98 Å². The van der Waals surface area contributed by atoms with E-state index in [9.17, 15) is 9.59 Å². The van der Waals surface area contributed by atoms with Crippen LogP contribution >= 0.6 is 0 Å². The van der Waals surface area contributed by atoms with Crippen LogP contribution in [0, 0.1) is 0 Å². The quantitative estimate of drug-likeness (QED) is 0.694. The van der Waals surface area contributed by atoms with Crippen LogP contribution in [0.5, 0.6) is 0 Å². The molecule has 2 amide bonds. The fourth-order valence-corrected chi connectivity index (χ4v) is 2.24. The van der Waals surface area contributed by atoms with Crippen molar-refractivity contribution in [3.8, 4) is 0 Å². The summed E-state index contributed by atoms with van der Waals surface area (Å²) < 4.78 is 5.32. The number of carbonyl (C=O) groups excluding carboxylic acids is 2. The molecule has 2 bridgehead atoms. The van der Waals surface area contributed by atoms with Crippen LogP contribution in [0.15, 0.2) is 18.5 Å². The topological polar surface area (TPSA) is 85.5 Å². The first-order chi connectivity index (χ1) is 8.18. The van der Waals surface area contributed by atoms with Crippen LogP contribution in [-0.4, -0.2) is 29.0 Å². The summed E-state index contributed by atoms with van der Waals surface area (Å²) in [4.78, 5) is 29.1. The van der Waals surface area contributed by atoms with E-state index in [1.54, 1.807) is 6.07 Å². The highest BCUT2D eigenvalue weighted by Gasteiger charge is 2.47. The largest absolute Gasteiger partial charge is 0.396 e. The maximum Gasteiger partial charge on any atom is 0.263 e. The minimum atomic E-state index is -0.509. The number of ether oxygens (including phenoxy) is 1. The summed E-state index contributed by atoms with van der Waals surface area (Å²) in [6, 6.07) is 1.57. The second-order valence-electron chi connectivity index (χ2n) is 4.14. The zero-order valence-electron chi connectivity index (χ0n) is 9.00. The van der Waals surface area contributed by atoms with Crippen molar-refractivity contribution in [2.45, 2.75) is 25.0 Å². The van der Waals surface area contributed by atoms with Gasteiger partial charge in [-0.05, 0) is 18.9 Å². The van der Waals surface area contributed by atoms with Gasteiger partial charge in [0.2, 0.25) is 0 Å². The number of nitrogen functional groups attached to an aromatic ring is 1. The Bertz CT molecular complexity index is 480. The molecule has 2 saturated heterocycles. The molecule has 2 atom stereocenters. The van der Waals surface area contributed by atoms with Crippen molar-refractivity contribution < 1.29 is 14.3 Å². The number of anilines is 2. The van der Waals surface area contributed by atoms with Gasteiger partial charge in [0.25, 0.3) is 11.8 Å². The minimum absolute atomic E-state index is 0.315. The molecule has 0 aromatic carbocycles. The van der Waals surface area contributed by atoms with E-state index in [-0.39, 0.29) is 11.8 Å². The van der Waals surface area contributed by atoms with Gasteiger partial charge in [-0.15, -0.1) is 0 Å². The van der Waals surface area contributed by atoms with Crippen molar-refractivity contribution in [3.63, 3.8) is 0 Å². The number of aromatic nitrogens is 1. The van der Waals surface area contributed by atoms with Crippen LogP contribution < -0.4 is 10.6 Å². The van der Waals surface area contributed by atoms with Crippen molar-refractivity contribution in [2.75, 3.05) is 10.6 Å². The maximum absolute atomic E-state index is 12.1. The lowest BCUT2D eigenvalue weighted by Gasteiger charge is -2.30.